The van der Waals surface area contributed by atoms with Crippen LogP contribution in [0.25, 0.3) is 5.69 Å². The molecule has 0 unspecified atom stereocenters. The lowest BCUT2D eigenvalue weighted by Crippen LogP contribution is -2.38. The molecule has 5 rings (SSSR count). The van der Waals surface area contributed by atoms with Crippen LogP contribution in [0.15, 0.2) is 71.6 Å². The number of amides is 2. The number of halogens is 3. The van der Waals surface area contributed by atoms with E-state index in [0.29, 0.717) is 43.1 Å². The quantitative estimate of drug-likeness (QED) is 0.375. The van der Waals surface area contributed by atoms with E-state index in [-0.39, 0.29) is 17.5 Å². The Labute approximate surface area is 216 Å². The van der Waals surface area contributed by atoms with Crippen LogP contribution in [0, 0.1) is 6.92 Å². The van der Waals surface area contributed by atoms with Gasteiger partial charge in [-0.3, -0.25) is 9.59 Å². The number of benzene rings is 2. The van der Waals surface area contributed by atoms with E-state index in [4.69, 9.17) is 4.42 Å². The van der Waals surface area contributed by atoms with Crippen molar-refractivity contribution in [2.45, 2.75) is 31.9 Å². The van der Waals surface area contributed by atoms with Crippen molar-refractivity contribution in [3.63, 3.8) is 0 Å². The Hall–Kier alpha value is -4.41. The molecule has 2 aromatic heterocycles. The summed E-state index contributed by atoms with van der Waals surface area (Å²) in [5.74, 6) is -0.491. The number of nitrogens with one attached hydrogen (secondary N) is 1. The number of rotatable bonds is 5. The molecule has 0 spiro atoms. The summed E-state index contributed by atoms with van der Waals surface area (Å²) < 4.78 is 47.3. The van der Waals surface area contributed by atoms with Gasteiger partial charge in [0.25, 0.3) is 11.8 Å². The van der Waals surface area contributed by atoms with Crippen LogP contribution in [0.5, 0.6) is 0 Å². The summed E-state index contributed by atoms with van der Waals surface area (Å²) in [5.41, 5.74) is 0.638. The van der Waals surface area contributed by atoms with E-state index in [9.17, 15) is 22.8 Å². The van der Waals surface area contributed by atoms with Crippen molar-refractivity contribution in [2.75, 3.05) is 18.4 Å². The van der Waals surface area contributed by atoms with Gasteiger partial charge >= 0.3 is 6.18 Å². The first-order chi connectivity index (χ1) is 18.2. The summed E-state index contributed by atoms with van der Waals surface area (Å²) in [7, 11) is 0. The van der Waals surface area contributed by atoms with Gasteiger partial charge in [-0.15, -0.1) is 0 Å². The van der Waals surface area contributed by atoms with Gasteiger partial charge in [-0.25, -0.2) is 9.67 Å². The summed E-state index contributed by atoms with van der Waals surface area (Å²) in [6.07, 6.45) is -1.19. The second-order valence-corrected chi connectivity index (χ2v) is 9.07. The predicted molar refractivity (Wildman–Crippen MR) is 132 cm³/mol. The monoisotopic (exact) mass is 523 g/mol. The fourth-order valence-corrected chi connectivity index (χ4v) is 4.59. The van der Waals surface area contributed by atoms with E-state index < -0.39 is 23.3 Å². The lowest BCUT2D eigenvalue weighted by molar-refractivity contribution is -0.141. The second kappa shape index (κ2) is 10.2. The number of aromatic nitrogens is 3. The van der Waals surface area contributed by atoms with E-state index >= 15 is 0 Å². The number of carbonyl (C=O) groups is 2. The van der Waals surface area contributed by atoms with Crippen molar-refractivity contribution in [1.29, 1.82) is 0 Å². The van der Waals surface area contributed by atoms with Crippen LogP contribution in [-0.4, -0.2) is 44.6 Å². The largest absolute Gasteiger partial charge is 0.448 e. The van der Waals surface area contributed by atoms with E-state index in [1.165, 1.54) is 11.3 Å². The van der Waals surface area contributed by atoms with Crippen molar-refractivity contribution < 1.29 is 27.2 Å². The summed E-state index contributed by atoms with van der Waals surface area (Å²) in [5, 5.41) is 6.46. The van der Waals surface area contributed by atoms with Gasteiger partial charge in [0.15, 0.2) is 17.8 Å². The number of carbonyl (C=O) groups excluding carboxylic acids is 2. The first-order valence-corrected chi connectivity index (χ1v) is 12.0. The molecular weight excluding hydrogens is 499 g/mol. The van der Waals surface area contributed by atoms with Crippen LogP contribution < -0.4 is 5.32 Å². The van der Waals surface area contributed by atoms with E-state index in [1.54, 1.807) is 49.4 Å². The molecule has 3 heterocycles. The Morgan fingerprint density at radius 2 is 1.71 bits per heavy atom. The maximum absolute atomic E-state index is 13.7. The number of aryl methyl sites for hydroxylation is 1. The first-order valence-electron chi connectivity index (χ1n) is 12.0. The molecule has 1 aliphatic heterocycles. The Morgan fingerprint density at radius 3 is 2.32 bits per heavy atom. The smallest absolute Gasteiger partial charge is 0.435 e. The van der Waals surface area contributed by atoms with E-state index in [2.05, 4.69) is 15.4 Å². The highest BCUT2D eigenvalue weighted by molar-refractivity contribution is 6.03. The summed E-state index contributed by atoms with van der Waals surface area (Å²) >= 11 is 0. The van der Waals surface area contributed by atoms with Crippen molar-refractivity contribution in [2.24, 2.45) is 0 Å². The molecule has 1 aliphatic rings. The molecule has 0 radical (unpaired) electrons. The molecule has 0 atom stereocenters. The van der Waals surface area contributed by atoms with Gasteiger partial charge in [0, 0.05) is 25.0 Å². The minimum absolute atomic E-state index is 0.135. The molecule has 196 valence electrons. The van der Waals surface area contributed by atoms with Gasteiger partial charge in [-0.2, -0.15) is 18.3 Å². The van der Waals surface area contributed by atoms with Crippen molar-refractivity contribution in [3.05, 3.63) is 95.5 Å². The van der Waals surface area contributed by atoms with Crippen molar-refractivity contribution in [3.8, 4) is 5.69 Å². The number of hydrogen-bond donors (Lipinski definition) is 1. The third-order valence-electron chi connectivity index (χ3n) is 6.62. The average molecular weight is 524 g/mol. The molecule has 11 heteroatoms. The molecular formula is C27H24F3N5O3. The highest BCUT2D eigenvalue weighted by atomic mass is 19.4. The summed E-state index contributed by atoms with van der Waals surface area (Å²) in [6, 6.07) is 15.7. The minimum Gasteiger partial charge on any atom is -0.448 e. The molecule has 0 bridgehead atoms. The highest BCUT2D eigenvalue weighted by Crippen LogP contribution is 2.34. The topological polar surface area (TPSA) is 93.3 Å². The lowest BCUT2D eigenvalue weighted by Gasteiger charge is -2.32. The Bertz CT molecular complexity index is 1440. The normalized spacial score (nSPS) is 14.5. The second-order valence-electron chi connectivity index (χ2n) is 9.07. The number of hydrogen-bond acceptors (Lipinski definition) is 5. The standard InChI is InChI=1S/C27H24F3N5O3/c1-17-23(31-16-38-17)25(36)32-20-9-7-18(8-10-20)19-11-13-34(14-12-19)26(37)22-15-35(21-5-3-2-4-6-21)33-24(22)27(28,29)30/h2-10,15-16,19H,11-14H2,1H3,(H,32,36). The average Bonchev–Trinajstić information content (AvgIpc) is 3.56. The molecule has 4 aromatic rings. The lowest BCUT2D eigenvalue weighted by atomic mass is 9.89. The Kier molecular flexibility index (Phi) is 6.75. The third kappa shape index (κ3) is 5.17. The molecule has 8 nitrogen and oxygen atoms in total. The molecule has 38 heavy (non-hydrogen) atoms. The molecule has 1 N–H and O–H groups in total. The van der Waals surface area contributed by atoms with E-state index in [0.717, 1.165) is 16.4 Å². The number of likely N-dealkylation sites (tertiary alicyclic amines) is 1. The van der Waals surface area contributed by atoms with Crippen LogP contribution in [0.3, 0.4) is 0 Å². The van der Waals surface area contributed by atoms with Crippen LogP contribution in [0.2, 0.25) is 0 Å². The molecule has 1 saturated heterocycles. The Morgan fingerprint density at radius 1 is 1.03 bits per heavy atom. The van der Waals surface area contributed by atoms with Gasteiger partial charge in [-0.05, 0) is 55.5 Å². The van der Waals surface area contributed by atoms with Crippen LogP contribution in [0.4, 0.5) is 18.9 Å². The molecule has 1 fully saturated rings. The predicted octanol–water partition coefficient (Wildman–Crippen LogP) is 5.46. The zero-order valence-corrected chi connectivity index (χ0v) is 20.4. The fourth-order valence-electron chi connectivity index (χ4n) is 4.59. The number of para-hydroxylation sites is 1. The molecule has 0 aliphatic carbocycles. The Balaban J connectivity index is 1.24. The zero-order chi connectivity index (χ0) is 26.9. The summed E-state index contributed by atoms with van der Waals surface area (Å²) in [6.45, 7) is 2.30. The zero-order valence-electron chi connectivity index (χ0n) is 20.4. The summed E-state index contributed by atoms with van der Waals surface area (Å²) in [4.78, 5) is 30.8. The number of anilines is 1. The van der Waals surface area contributed by atoms with Crippen molar-refractivity contribution in [1.82, 2.24) is 19.7 Å². The first kappa shape index (κ1) is 25.2. The van der Waals surface area contributed by atoms with Crippen molar-refractivity contribution >= 4 is 17.5 Å². The number of alkyl halides is 3. The van der Waals surface area contributed by atoms with Gasteiger partial charge in [0.1, 0.15) is 5.76 Å². The molecule has 0 saturated carbocycles. The molecule has 2 aromatic carbocycles. The SMILES string of the molecule is Cc1ocnc1C(=O)Nc1ccc(C2CCN(C(=O)c3cn(-c4ccccc4)nc3C(F)(F)F)CC2)cc1. The van der Waals surface area contributed by atoms with Gasteiger partial charge in [0.2, 0.25) is 0 Å². The maximum Gasteiger partial charge on any atom is 0.435 e. The van der Waals surface area contributed by atoms with Crippen LogP contribution in [0.1, 0.15) is 56.6 Å². The fraction of sp³-hybridized carbons (Fsp3) is 0.259. The van der Waals surface area contributed by atoms with Gasteiger partial charge < -0.3 is 14.6 Å². The number of oxazole rings is 1. The van der Waals surface area contributed by atoms with E-state index in [1.807, 2.05) is 12.1 Å². The highest BCUT2D eigenvalue weighted by Gasteiger charge is 2.40. The maximum atomic E-state index is 13.7. The van der Waals surface area contributed by atoms with Crippen LogP contribution >= 0.6 is 0 Å². The minimum atomic E-state index is -4.76. The van der Waals surface area contributed by atoms with Crippen LogP contribution in [-0.2, 0) is 6.18 Å². The number of nitrogens with zero attached hydrogens (tertiary/aromatic N) is 4. The number of piperidine rings is 1. The van der Waals surface area contributed by atoms with Gasteiger partial charge in [0.05, 0.1) is 11.3 Å². The third-order valence-corrected chi connectivity index (χ3v) is 6.62. The molecule has 2 amide bonds. The van der Waals surface area contributed by atoms with Gasteiger partial charge in [-0.1, -0.05) is 30.3 Å².